The summed E-state index contributed by atoms with van der Waals surface area (Å²) in [6, 6.07) is 11.0. The molecule has 0 saturated heterocycles. The fourth-order valence-electron chi connectivity index (χ4n) is 3.61. The first kappa shape index (κ1) is 19.5. The lowest BCUT2D eigenvalue weighted by Crippen LogP contribution is -2.12. The maximum absolute atomic E-state index is 13.6. The van der Waals surface area contributed by atoms with E-state index in [4.69, 9.17) is 4.74 Å². The Morgan fingerprint density at radius 1 is 1.26 bits per heavy atom. The molecule has 0 bridgehead atoms. The summed E-state index contributed by atoms with van der Waals surface area (Å²) in [6.45, 7) is 4.03. The summed E-state index contributed by atoms with van der Waals surface area (Å²) < 4.78 is 18.8. The second kappa shape index (κ2) is 8.61. The van der Waals surface area contributed by atoms with Crippen molar-refractivity contribution in [1.29, 1.82) is 0 Å². The molecule has 0 fully saturated rings. The Labute approximate surface area is 163 Å². The Balaban J connectivity index is 2.11. The number of esters is 1. The molecule has 0 aliphatic heterocycles. The largest absolute Gasteiger partial charge is 0.466 e. The number of aromatic nitrogens is 1. The Hall–Kier alpha value is -2.27. The zero-order chi connectivity index (χ0) is 19.4. The van der Waals surface area contributed by atoms with Crippen LogP contribution in [0.15, 0.2) is 42.6 Å². The first-order chi connectivity index (χ1) is 13.0. The zero-order valence-corrected chi connectivity index (χ0v) is 16.7. The predicted octanol–water partition coefficient (Wildman–Crippen LogP) is 5.56. The molecule has 0 saturated carbocycles. The third kappa shape index (κ3) is 4.19. The molecule has 1 unspecified atom stereocenters. The fraction of sp³-hybridized carbons (Fsp3) is 0.318. The summed E-state index contributed by atoms with van der Waals surface area (Å²) in [6.07, 6.45) is 4.27. The summed E-state index contributed by atoms with van der Waals surface area (Å²) in [7, 11) is 0. The van der Waals surface area contributed by atoms with Crippen molar-refractivity contribution >= 4 is 28.6 Å². The third-order valence-corrected chi connectivity index (χ3v) is 5.39. The van der Waals surface area contributed by atoms with Crippen molar-refractivity contribution in [3.8, 4) is 0 Å². The zero-order valence-electron chi connectivity index (χ0n) is 15.8. The van der Waals surface area contributed by atoms with Crippen LogP contribution >= 0.6 is 11.8 Å². The van der Waals surface area contributed by atoms with Gasteiger partial charge in [-0.3, -0.25) is 4.79 Å². The number of thioether (sulfide) groups is 1. The first-order valence-corrected chi connectivity index (χ1v) is 10.4. The molecule has 1 N–H and O–H groups in total. The number of rotatable bonds is 7. The van der Waals surface area contributed by atoms with Crippen LogP contribution in [0.5, 0.6) is 0 Å². The average Bonchev–Trinajstić information content (AvgIpc) is 3.06. The maximum atomic E-state index is 13.6. The van der Waals surface area contributed by atoms with Crippen LogP contribution in [-0.4, -0.2) is 23.8 Å². The molecule has 0 aliphatic carbocycles. The van der Waals surface area contributed by atoms with Crippen LogP contribution in [0.3, 0.4) is 0 Å². The molecule has 5 heteroatoms. The van der Waals surface area contributed by atoms with Crippen LogP contribution in [0.1, 0.15) is 41.5 Å². The van der Waals surface area contributed by atoms with Gasteiger partial charge in [0, 0.05) is 28.8 Å². The van der Waals surface area contributed by atoms with E-state index in [1.165, 1.54) is 17.7 Å². The van der Waals surface area contributed by atoms with Gasteiger partial charge in [0.1, 0.15) is 5.82 Å². The number of hydrogen-bond acceptors (Lipinski definition) is 3. The number of halogens is 1. The van der Waals surface area contributed by atoms with E-state index < -0.39 is 0 Å². The van der Waals surface area contributed by atoms with E-state index in [1.54, 1.807) is 24.8 Å². The number of H-pyrrole nitrogens is 1. The molecule has 1 aromatic heterocycles. The number of ether oxygens (including phenoxy) is 1. The first-order valence-electron chi connectivity index (χ1n) is 9.04. The maximum Gasteiger partial charge on any atom is 0.306 e. The molecule has 1 heterocycles. The molecule has 0 radical (unpaired) electrons. The van der Waals surface area contributed by atoms with E-state index in [1.807, 2.05) is 19.2 Å². The lowest BCUT2D eigenvalue weighted by atomic mass is 9.85. The second-order valence-corrected chi connectivity index (χ2v) is 7.45. The van der Waals surface area contributed by atoms with E-state index in [0.29, 0.717) is 6.61 Å². The highest BCUT2D eigenvalue weighted by molar-refractivity contribution is 7.97. The summed E-state index contributed by atoms with van der Waals surface area (Å²) in [5.41, 5.74) is 5.14. The minimum Gasteiger partial charge on any atom is -0.466 e. The molecule has 142 valence electrons. The number of fused-ring (bicyclic) bond motifs is 1. The second-order valence-electron chi connectivity index (χ2n) is 6.58. The van der Waals surface area contributed by atoms with Crippen LogP contribution in [0.25, 0.3) is 10.9 Å². The molecule has 0 amide bonds. The summed E-state index contributed by atoms with van der Waals surface area (Å²) >= 11 is 1.77. The van der Waals surface area contributed by atoms with E-state index in [2.05, 4.69) is 23.4 Å². The lowest BCUT2D eigenvalue weighted by molar-refractivity contribution is -0.143. The van der Waals surface area contributed by atoms with Gasteiger partial charge in [-0.25, -0.2) is 4.39 Å². The number of hydrogen-bond donors (Lipinski definition) is 1. The molecule has 3 nitrogen and oxygen atoms in total. The van der Waals surface area contributed by atoms with Gasteiger partial charge in [0.05, 0.1) is 13.0 Å². The number of aryl methyl sites for hydroxylation is 1. The van der Waals surface area contributed by atoms with Crippen molar-refractivity contribution in [2.45, 2.75) is 31.9 Å². The molecule has 0 spiro atoms. The minimum atomic E-state index is -0.271. The van der Waals surface area contributed by atoms with E-state index in [0.717, 1.165) is 33.3 Å². The quantitative estimate of drug-likeness (QED) is 0.541. The summed E-state index contributed by atoms with van der Waals surface area (Å²) in [5, 5.41) is 1.10. The van der Waals surface area contributed by atoms with Gasteiger partial charge in [0.2, 0.25) is 0 Å². The smallest absolute Gasteiger partial charge is 0.306 e. The SMILES string of the molecule is CCOC(=O)CC(c1ccc(F)cc1C)c1c[nH]c2c(CSC)cccc12. The van der Waals surface area contributed by atoms with Gasteiger partial charge in [-0.15, -0.1) is 0 Å². The van der Waals surface area contributed by atoms with E-state index in [9.17, 15) is 9.18 Å². The molecule has 2 aromatic carbocycles. The van der Waals surface area contributed by atoms with Crippen LogP contribution in [0.4, 0.5) is 4.39 Å². The average molecular weight is 386 g/mol. The molecule has 0 aliphatic rings. The molecular weight excluding hydrogens is 361 g/mol. The number of nitrogens with one attached hydrogen (secondary N) is 1. The molecule has 3 aromatic rings. The van der Waals surface area contributed by atoms with Gasteiger partial charge >= 0.3 is 5.97 Å². The molecular formula is C22H24FNO2S. The number of carbonyl (C=O) groups is 1. The number of para-hydroxylation sites is 1. The molecule has 1 atom stereocenters. The standard InChI is InChI=1S/C22H24FNO2S/c1-4-26-21(25)11-19(17-9-8-16(23)10-14(17)2)20-12-24-22-15(13-27-3)6-5-7-18(20)22/h5-10,12,19,24H,4,11,13H2,1-3H3. The van der Waals surface area contributed by atoms with Gasteiger partial charge in [0.15, 0.2) is 0 Å². The minimum absolute atomic E-state index is 0.192. The molecule has 27 heavy (non-hydrogen) atoms. The van der Waals surface area contributed by atoms with Crippen LogP contribution in [0, 0.1) is 12.7 Å². The van der Waals surface area contributed by atoms with Crippen molar-refractivity contribution in [3.05, 3.63) is 70.7 Å². The Bertz CT molecular complexity index is 951. The van der Waals surface area contributed by atoms with Crippen LogP contribution in [-0.2, 0) is 15.3 Å². The highest BCUT2D eigenvalue weighted by Gasteiger charge is 2.24. The Morgan fingerprint density at radius 2 is 2.07 bits per heavy atom. The highest BCUT2D eigenvalue weighted by atomic mass is 32.2. The normalized spacial score (nSPS) is 12.3. The van der Waals surface area contributed by atoms with Crippen molar-refractivity contribution < 1.29 is 13.9 Å². The van der Waals surface area contributed by atoms with Crippen LogP contribution < -0.4 is 0 Å². The third-order valence-electron chi connectivity index (χ3n) is 4.79. The van der Waals surface area contributed by atoms with E-state index in [-0.39, 0.29) is 24.1 Å². The van der Waals surface area contributed by atoms with Gasteiger partial charge in [-0.05, 0) is 54.5 Å². The predicted molar refractivity (Wildman–Crippen MR) is 110 cm³/mol. The highest BCUT2D eigenvalue weighted by Crippen LogP contribution is 2.36. The van der Waals surface area contributed by atoms with Gasteiger partial charge in [-0.1, -0.05) is 24.3 Å². The Morgan fingerprint density at radius 3 is 2.78 bits per heavy atom. The number of benzene rings is 2. The van der Waals surface area contributed by atoms with Crippen molar-refractivity contribution in [3.63, 3.8) is 0 Å². The monoisotopic (exact) mass is 385 g/mol. The van der Waals surface area contributed by atoms with Gasteiger partial charge < -0.3 is 9.72 Å². The fourth-order valence-corrected chi connectivity index (χ4v) is 4.16. The number of aromatic amines is 1. The molecule has 3 rings (SSSR count). The summed E-state index contributed by atoms with van der Waals surface area (Å²) in [5.74, 6) is 0.200. The van der Waals surface area contributed by atoms with E-state index >= 15 is 0 Å². The van der Waals surface area contributed by atoms with Crippen LogP contribution in [0.2, 0.25) is 0 Å². The Kier molecular flexibility index (Phi) is 6.22. The van der Waals surface area contributed by atoms with Gasteiger partial charge in [0.25, 0.3) is 0 Å². The summed E-state index contributed by atoms with van der Waals surface area (Å²) in [4.78, 5) is 15.7. The van der Waals surface area contributed by atoms with Crippen molar-refractivity contribution in [2.24, 2.45) is 0 Å². The van der Waals surface area contributed by atoms with Crippen molar-refractivity contribution in [1.82, 2.24) is 4.98 Å². The van der Waals surface area contributed by atoms with Gasteiger partial charge in [-0.2, -0.15) is 11.8 Å². The topological polar surface area (TPSA) is 42.1 Å². The lowest BCUT2D eigenvalue weighted by Gasteiger charge is -2.19. The van der Waals surface area contributed by atoms with Crippen molar-refractivity contribution in [2.75, 3.05) is 12.9 Å². The number of carbonyl (C=O) groups excluding carboxylic acids is 1.